The van der Waals surface area contributed by atoms with Crippen LogP contribution < -0.4 is 0 Å². The average molecular weight is 1350 g/mol. The number of carbonyl (C=O) groups excluding carboxylic acids is 4. The molecule has 17 nitrogen and oxygen atoms in total. The van der Waals surface area contributed by atoms with Crippen molar-refractivity contribution in [2.24, 2.45) is 23.7 Å². The third kappa shape index (κ3) is 66.7. The Morgan fingerprint density at radius 1 is 0.272 bits per heavy atom. The number of aliphatic hydroxyl groups excluding tert-OH is 1. The van der Waals surface area contributed by atoms with Crippen LogP contribution in [0.25, 0.3) is 0 Å². The van der Waals surface area contributed by atoms with Gasteiger partial charge in [-0.15, -0.1) is 0 Å². The molecule has 0 saturated carbocycles. The number of rotatable bonds is 70. The molecule has 0 spiro atoms. The fraction of sp³-hybridized carbons (Fsp3) is 0.945. The van der Waals surface area contributed by atoms with E-state index in [9.17, 15) is 43.2 Å². The molecule has 0 amide bonds. The maximum atomic E-state index is 13.1. The lowest BCUT2D eigenvalue weighted by molar-refractivity contribution is -0.161. The Morgan fingerprint density at radius 3 is 0.674 bits per heavy atom. The molecule has 0 fully saturated rings. The summed E-state index contributed by atoms with van der Waals surface area (Å²) in [5, 5.41) is 10.6. The monoisotopic (exact) mass is 1350 g/mol. The molecule has 3 N–H and O–H groups in total. The summed E-state index contributed by atoms with van der Waals surface area (Å²) in [6.07, 6.45) is 45.8. The Morgan fingerprint density at radius 2 is 0.457 bits per heavy atom. The largest absolute Gasteiger partial charge is 0.472 e. The summed E-state index contributed by atoms with van der Waals surface area (Å²) in [5.74, 6) is 0.880. The van der Waals surface area contributed by atoms with E-state index in [0.717, 1.165) is 114 Å². The van der Waals surface area contributed by atoms with Crippen molar-refractivity contribution in [3.63, 3.8) is 0 Å². The number of hydrogen-bond donors (Lipinski definition) is 3. The van der Waals surface area contributed by atoms with Gasteiger partial charge in [-0.3, -0.25) is 37.3 Å². The lowest BCUT2D eigenvalue weighted by Crippen LogP contribution is -2.30. The van der Waals surface area contributed by atoms with E-state index in [4.69, 9.17) is 37.0 Å². The summed E-state index contributed by atoms with van der Waals surface area (Å²) in [4.78, 5) is 72.7. The Balaban J connectivity index is 5.26. The van der Waals surface area contributed by atoms with Crippen LogP contribution in [0.5, 0.6) is 0 Å². The lowest BCUT2D eigenvalue weighted by Gasteiger charge is -2.21. The fourth-order valence-electron chi connectivity index (χ4n) is 11.0. The van der Waals surface area contributed by atoms with Gasteiger partial charge in [0.25, 0.3) is 0 Å². The standard InChI is InChI=1S/C73H142O17P2/c1-63(2)49-41-33-25-18-12-9-10-14-22-30-39-47-55-72(77)89-68(59-83-70(75)53-45-37-29-21-15-11-13-19-26-34-42-50-64(3)4)61-87-91(79,80)85-57-67(74)58-86-92(81,82)88-62-69(60-84-71(76)54-46-38-32-24-28-36-44-52-66(7)8)90-73(78)56-48-40-31-23-17-16-20-27-35-43-51-65(5)6/h63-69,74H,9-62H2,1-8H3,(H,79,80)(H,81,82)/t67?,68-,69-/m1/s1. The van der Waals surface area contributed by atoms with Crippen molar-refractivity contribution in [3.8, 4) is 0 Å². The van der Waals surface area contributed by atoms with Gasteiger partial charge in [0.2, 0.25) is 0 Å². The first-order valence-electron chi connectivity index (χ1n) is 37.7. The minimum Gasteiger partial charge on any atom is -0.462 e. The van der Waals surface area contributed by atoms with Crippen molar-refractivity contribution in [1.82, 2.24) is 0 Å². The first-order valence-corrected chi connectivity index (χ1v) is 40.7. The van der Waals surface area contributed by atoms with Gasteiger partial charge in [-0.05, 0) is 49.4 Å². The molecule has 0 aliphatic carbocycles. The van der Waals surface area contributed by atoms with Gasteiger partial charge in [0.1, 0.15) is 19.3 Å². The number of aliphatic hydroxyl groups is 1. The van der Waals surface area contributed by atoms with E-state index < -0.39 is 97.5 Å². The van der Waals surface area contributed by atoms with E-state index in [1.807, 2.05) is 0 Å². The minimum atomic E-state index is -4.96. The van der Waals surface area contributed by atoms with Crippen LogP contribution in [0.2, 0.25) is 0 Å². The van der Waals surface area contributed by atoms with Gasteiger partial charge in [-0.25, -0.2) is 9.13 Å². The Bertz CT molecular complexity index is 1820. The molecule has 0 aliphatic rings. The van der Waals surface area contributed by atoms with Gasteiger partial charge in [-0.1, -0.05) is 312 Å². The van der Waals surface area contributed by atoms with E-state index >= 15 is 0 Å². The maximum absolute atomic E-state index is 13.1. The van der Waals surface area contributed by atoms with Crippen LogP contribution in [-0.2, 0) is 65.4 Å². The zero-order valence-electron chi connectivity index (χ0n) is 60.2. The SMILES string of the molecule is CC(C)CCCCCCCCCCCCCCC(=O)O[C@H](COC(=O)CCCCCCCCCCCCCC(C)C)COP(=O)(O)OCC(O)COP(=O)(O)OC[C@@H](COC(=O)CCCCCCCCCC(C)C)OC(=O)CCCCCCCCCCCCC(C)C. The molecule has 0 aromatic rings. The Labute approximate surface area is 562 Å². The van der Waals surface area contributed by atoms with Crippen LogP contribution in [0.3, 0.4) is 0 Å². The average Bonchev–Trinajstić information content (AvgIpc) is 1.42. The van der Waals surface area contributed by atoms with Crippen LogP contribution in [-0.4, -0.2) is 96.7 Å². The number of esters is 4. The van der Waals surface area contributed by atoms with Crippen molar-refractivity contribution < 1.29 is 80.2 Å². The highest BCUT2D eigenvalue weighted by Gasteiger charge is 2.30. The van der Waals surface area contributed by atoms with E-state index in [0.29, 0.717) is 31.6 Å². The molecule has 0 aromatic heterocycles. The molecule has 0 aromatic carbocycles. The van der Waals surface area contributed by atoms with Crippen molar-refractivity contribution in [1.29, 1.82) is 0 Å². The van der Waals surface area contributed by atoms with Crippen LogP contribution in [0.1, 0.15) is 364 Å². The smallest absolute Gasteiger partial charge is 0.462 e. The predicted molar refractivity (Wildman–Crippen MR) is 372 cm³/mol. The third-order valence-electron chi connectivity index (χ3n) is 16.8. The molecule has 0 heterocycles. The van der Waals surface area contributed by atoms with Crippen molar-refractivity contribution in [3.05, 3.63) is 0 Å². The highest BCUT2D eigenvalue weighted by molar-refractivity contribution is 7.47. The summed E-state index contributed by atoms with van der Waals surface area (Å²) < 4.78 is 68.4. The summed E-state index contributed by atoms with van der Waals surface area (Å²) in [7, 11) is -9.91. The molecule has 0 saturated heterocycles. The van der Waals surface area contributed by atoms with E-state index in [1.165, 1.54) is 161 Å². The zero-order valence-corrected chi connectivity index (χ0v) is 62.0. The first kappa shape index (κ1) is 90.1. The van der Waals surface area contributed by atoms with Crippen LogP contribution in [0.4, 0.5) is 0 Å². The summed E-state index contributed by atoms with van der Waals surface area (Å²) in [5.41, 5.74) is 0. The second-order valence-electron chi connectivity index (χ2n) is 28.2. The van der Waals surface area contributed by atoms with Crippen molar-refractivity contribution >= 4 is 39.5 Å². The highest BCUT2D eigenvalue weighted by atomic mass is 31.2. The molecular formula is C73H142O17P2. The quantitative estimate of drug-likeness (QED) is 0.0222. The number of phosphoric acid groups is 2. The molecule has 5 atom stereocenters. The van der Waals surface area contributed by atoms with Crippen LogP contribution in [0, 0.1) is 23.7 Å². The van der Waals surface area contributed by atoms with E-state index in [2.05, 4.69) is 55.4 Å². The molecule has 0 bridgehead atoms. The fourth-order valence-corrected chi connectivity index (χ4v) is 12.6. The molecule has 546 valence electrons. The molecule has 0 aliphatic heterocycles. The van der Waals surface area contributed by atoms with Crippen molar-refractivity contribution in [2.45, 2.75) is 382 Å². The number of carbonyl (C=O) groups is 4. The van der Waals surface area contributed by atoms with Crippen LogP contribution in [0.15, 0.2) is 0 Å². The van der Waals surface area contributed by atoms with Gasteiger partial charge in [0.05, 0.1) is 26.4 Å². The zero-order chi connectivity index (χ0) is 68.2. The van der Waals surface area contributed by atoms with E-state index in [1.54, 1.807) is 0 Å². The second kappa shape index (κ2) is 62.6. The van der Waals surface area contributed by atoms with Gasteiger partial charge in [0.15, 0.2) is 12.2 Å². The lowest BCUT2D eigenvalue weighted by atomic mass is 10.0. The number of hydrogen-bond acceptors (Lipinski definition) is 15. The minimum absolute atomic E-state index is 0.105. The van der Waals surface area contributed by atoms with Gasteiger partial charge in [0, 0.05) is 25.7 Å². The topological polar surface area (TPSA) is 237 Å². The van der Waals surface area contributed by atoms with Crippen molar-refractivity contribution in [2.75, 3.05) is 39.6 Å². The third-order valence-corrected chi connectivity index (χ3v) is 18.7. The summed E-state index contributed by atoms with van der Waals surface area (Å²) in [6.45, 7) is 14.1. The molecule has 92 heavy (non-hydrogen) atoms. The molecule has 3 unspecified atom stereocenters. The number of ether oxygens (including phenoxy) is 4. The predicted octanol–water partition coefficient (Wildman–Crippen LogP) is 20.9. The van der Waals surface area contributed by atoms with Gasteiger partial charge < -0.3 is 33.8 Å². The molecule has 0 rings (SSSR count). The molecular weight excluding hydrogens is 1210 g/mol. The number of unbranched alkanes of at least 4 members (excludes halogenated alkanes) is 36. The maximum Gasteiger partial charge on any atom is 0.472 e. The molecule has 0 radical (unpaired) electrons. The Hall–Kier alpha value is -1.94. The van der Waals surface area contributed by atoms with E-state index in [-0.39, 0.29) is 25.7 Å². The van der Waals surface area contributed by atoms with Gasteiger partial charge >= 0.3 is 39.5 Å². The highest BCUT2D eigenvalue weighted by Crippen LogP contribution is 2.45. The second-order valence-corrected chi connectivity index (χ2v) is 31.1. The summed E-state index contributed by atoms with van der Waals surface area (Å²) in [6, 6.07) is 0. The molecule has 19 heteroatoms. The normalized spacial score (nSPS) is 14.2. The van der Waals surface area contributed by atoms with Crippen LogP contribution >= 0.6 is 15.6 Å². The number of phosphoric ester groups is 2. The van der Waals surface area contributed by atoms with Gasteiger partial charge in [-0.2, -0.15) is 0 Å². The first-order chi connectivity index (χ1) is 44.1. The summed E-state index contributed by atoms with van der Waals surface area (Å²) >= 11 is 0. The Kier molecular flexibility index (Phi) is 61.3.